The first-order valence-corrected chi connectivity index (χ1v) is 12.2. The summed E-state index contributed by atoms with van der Waals surface area (Å²) in [7, 11) is 0. The molecule has 2 aliphatic rings. The first-order chi connectivity index (χ1) is 16.8. The molecular formula is C28H30FN3O3. The van der Waals surface area contributed by atoms with Gasteiger partial charge in [0.15, 0.2) is 0 Å². The number of fused-ring (bicyclic) bond motifs is 2. The highest BCUT2D eigenvalue weighted by Gasteiger charge is 2.54. The monoisotopic (exact) mass is 475 g/mol. The molecule has 2 heterocycles. The lowest BCUT2D eigenvalue weighted by Gasteiger charge is -2.44. The molecule has 1 aromatic heterocycles. The van der Waals surface area contributed by atoms with Crippen molar-refractivity contribution in [1.82, 2.24) is 14.5 Å². The van der Waals surface area contributed by atoms with Crippen LogP contribution in [-0.2, 0) is 11.3 Å². The van der Waals surface area contributed by atoms with Gasteiger partial charge in [0.25, 0.3) is 5.56 Å². The van der Waals surface area contributed by atoms with Gasteiger partial charge in [-0.25, -0.2) is 9.37 Å². The van der Waals surface area contributed by atoms with Gasteiger partial charge in [-0.3, -0.25) is 14.2 Å². The Kier molecular flexibility index (Phi) is 6.28. The van der Waals surface area contributed by atoms with Gasteiger partial charge in [-0.15, -0.1) is 0 Å². The van der Waals surface area contributed by atoms with Gasteiger partial charge in [0.1, 0.15) is 5.82 Å². The number of aliphatic hydroxyl groups is 1. The zero-order chi connectivity index (χ0) is 24.6. The molecule has 0 spiro atoms. The second-order valence-electron chi connectivity index (χ2n) is 10.00. The molecule has 2 bridgehead atoms. The van der Waals surface area contributed by atoms with Crippen LogP contribution in [-0.4, -0.2) is 44.2 Å². The number of rotatable bonds is 6. The summed E-state index contributed by atoms with van der Waals surface area (Å²) in [6.45, 7) is 3.16. The zero-order valence-electron chi connectivity index (χ0n) is 19.8. The number of carbonyl (C=O) groups excluding carboxylic acids is 1. The van der Waals surface area contributed by atoms with Crippen LogP contribution in [0.2, 0.25) is 0 Å². The summed E-state index contributed by atoms with van der Waals surface area (Å²) in [5.41, 5.74) is 0.274. The number of aromatic nitrogens is 2. The molecule has 2 aromatic carbocycles. The molecule has 6 nitrogen and oxygen atoms in total. The van der Waals surface area contributed by atoms with Crippen LogP contribution in [0.3, 0.4) is 0 Å². The Bertz CT molecular complexity index is 1260. The van der Waals surface area contributed by atoms with Gasteiger partial charge in [0.05, 0.1) is 24.2 Å². The van der Waals surface area contributed by atoms with E-state index in [1.54, 1.807) is 18.2 Å². The molecule has 1 aliphatic heterocycles. The normalized spacial score (nSPS) is 24.4. The van der Waals surface area contributed by atoms with Crippen LogP contribution in [0.5, 0.6) is 0 Å². The van der Waals surface area contributed by atoms with Gasteiger partial charge in [-0.1, -0.05) is 49.4 Å². The van der Waals surface area contributed by atoms with Crippen LogP contribution < -0.4 is 5.56 Å². The molecule has 35 heavy (non-hydrogen) atoms. The lowest BCUT2D eigenvalue weighted by Crippen LogP contribution is -2.57. The Hall–Kier alpha value is -3.32. The average molecular weight is 476 g/mol. The van der Waals surface area contributed by atoms with Crippen LogP contribution >= 0.6 is 0 Å². The second-order valence-corrected chi connectivity index (χ2v) is 10.00. The van der Waals surface area contributed by atoms with Crippen molar-refractivity contribution in [2.45, 2.75) is 44.2 Å². The number of amides is 1. The summed E-state index contributed by atoms with van der Waals surface area (Å²) in [5.74, 6) is -0.411. The van der Waals surface area contributed by atoms with E-state index in [1.165, 1.54) is 23.0 Å². The minimum absolute atomic E-state index is 0.102. The SMILES string of the molecule is C[C@H](CC(=O)N1C[C@H]2CC[C@@H](C1)C2(O)Cn1cnc(-c2ccccc2F)cc1=O)c1ccccc1. The fraction of sp³-hybridized carbons (Fsp3) is 0.393. The molecule has 1 unspecified atom stereocenters. The van der Waals surface area contributed by atoms with E-state index in [1.807, 2.05) is 35.2 Å². The third-order valence-electron chi connectivity index (χ3n) is 7.81. The van der Waals surface area contributed by atoms with Crippen molar-refractivity contribution in [2.75, 3.05) is 13.1 Å². The molecule has 182 valence electrons. The summed E-state index contributed by atoms with van der Waals surface area (Å²) in [5, 5.41) is 11.7. The van der Waals surface area contributed by atoms with E-state index in [0.717, 1.165) is 18.4 Å². The first-order valence-electron chi connectivity index (χ1n) is 12.2. The van der Waals surface area contributed by atoms with Crippen molar-refractivity contribution in [3.05, 3.63) is 88.7 Å². The summed E-state index contributed by atoms with van der Waals surface area (Å²) < 4.78 is 15.5. The molecule has 3 aromatic rings. The van der Waals surface area contributed by atoms with Crippen molar-refractivity contribution in [3.63, 3.8) is 0 Å². The molecule has 1 saturated carbocycles. The van der Waals surface area contributed by atoms with E-state index in [9.17, 15) is 19.1 Å². The largest absolute Gasteiger partial charge is 0.387 e. The molecular weight excluding hydrogens is 445 g/mol. The highest BCUT2D eigenvalue weighted by atomic mass is 19.1. The molecule has 1 N–H and O–H groups in total. The summed E-state index contributed by atoms with van der Waals surface area (Å²) in [6.07, 6.45) is 3.45. The third-order valence-corrected chi connectivity index (χ3v) is 7.81. The van der Waals surface area contributed by atoms with Crippen LogP contribution in [0.1, 0.15) is 37.7 Å². The van der Waals surface area contributed by atoms with Gasteiger partial charge in [-0.05, 0) is 36.5 Å². The fourth-order valence-electron chi connectivity index (χ4n) is 5.73. The summed E-state index contributed by atoms with van der Waals surface area (Å²) in [6, 6.07) is 17.5. The first kappa shape index (κ1) is 23.4. The number of benzene rings is 2. The number of hydrogen-bond acceptors (Lipinski definition) is 4. The Balaban J connectivity index is 1.28. The van der Waals surface area contributed by atoms with Gasteiger partial charge in [0.2, 0.25) is 5.91 Å². The Morgan fingerprint density at radius 1 is 1.11 bits per heavy atom. The molecule has 5 rings (SSSR count). The van der Waals surface area contributed by atoms with E-state index in [-0.39, 0.29) is 47.0 Å². The van der Waals surface area contributed by atoms with Crippen LogP contribution in [0.15, 0.2) is 71.8 Å². The zero-order valence-corrected chi connectivity index (χ0v) is 19.8. The van der Waals surface area contributed by atoms with Crippen molar-refractivity contribution < 1.29 is 14.3 Å². The van der Waals surface area contributed by atoms with Crippen molar-refractivity contribution in [3.8, 4) is 11.3 Å². The van der Waals surface area contributed by atoms with Gasteiger partial charge in [-0.2, -0.15) is 0 Å². The standard InChI is InChI=1S/C28H30FN3O3/c1-19(20-7-3-2-4-8-20)13-26(33)31-15-21-11-12-22(16-31)28(21,35)17-32-18-30-25(14-27(32)34)23-9-5-6-10-24(23)29/h2-10,14,18-19,21-22,35H,11-13,15-17H2,1H3/t19-,21-,22+,28?/m1/s1. The average Bonchev–Trinajstić information content (AvgIpc) is 3.01. The number of hydrogen-bond donors (Lipinski definition) is 1. The summed E-state index contributed by atoms with van der Waals surface area (Å²) in [4.78, 5) is 32.1. The van der Waals surface area contributed by atoms with Gasteiger partial charge in [0, 0.05) is 43.0 Å². The van der Waals surface area contributed by atoms with E-state index >= 15 is 0 Å². The molecule has 1 amide bonds. The van der Waals surface area contributed by atoms with Crippen LogP contribution in [0.25, 0.3) is 11.3 Å². The highest BCUT2D eigenvalue weighted by Crippen LogP contribution is 2.46. The van der Waals surface area contributed by atoms with Crippen molar-refractivity contribution in [1.29, 1.82) is 0 Å². The van der Waals surface area contributed by atoms with Crippen LogP contribution in [0.4, 0.5) is 4.39 Å². The Morgan fingerprint density at radius 3 is 2.43 bits per heavy atom. The van der Waals surface area contributed by atoms with Gasteiger partial charge >= 0.3 is 0 Å². The number of halogens is 1. The third kappa shape index (κ3) is 4.52. The topological polar surface area (TPSA) is 75.4 Å². The number of carbonyl (C=O) groups is 1. The van der Waals surface area contributed by atoms with Crippen molar-refractivity contribution in [2.24, 2.45) is 11.8 Å². The maximum atomic E-state index is 14.1. The molecule has 7 heteroatoms. The minimum Gasteiger partial charge on any atom is -0.387 e. The maximum Gasteiger partial charge on any atom is 0.253 e. The number of piperidine rings is 1. The van der Waals surface area contributed by atoms with Crippen molar-refractivity contribution >= 4 is 5.91 Å². The maximum absolute atomic E-state index is 14.1. The molecule has 2 fully saturated rings. The van der Waals surface area contributed by atoms with Gasteiger partial charge < -0.3 is 10.0 Å². The van der Waals surface area contributed by atoms with Crippen LogP contribution in [0, 0.1) is 17.7 Å². The Morgan fingerprint density at radius 2 is 1.77 bits per heavy atom. The predicted octanol–water partition coefficient (Wildman–Crippen LogP) is 3.84. The second kappa shape index (κ2) is 9.38. The smallest absolute Gasteiger partial charge is 0.253 e. The molecule has 1 aliphatic carbocycles. The summed E-state index contributed by atoms with van der Waals surface area (Å²) >= 11 is 0. The minimum atomic E-state index is -1.08. The lowest BCUT2D eigenvalue weighted by atomic mass is 9.79. The lowest BCUT2D eigenvalue weighted by molar-refractivity contribution is -0.144. The van der Waals surface area contributed by atoms with E-state index in [4.69, 9.17) is 0 Å². The number of likely N-dealkylation sites (tertiary alicyclic amines) is 1. The fourth-order valence-corrected chi connectivity index (χ4v) is 5.73. The molecule has 1 saturated heterocycles. The molecule has 0 radical (unpaired) electrons. The number of nitrogens with zero attached hydrogens (tertiary/aromatic N) is 3. The highest BCUT2D eigenvalue weighted by molar-refractivity contribution is 5.77. The Labute approximate surface area is 204 Å². The predicted molar refractivity (Wildman–Crippen MR) is 131 cm³/mol. The molecule has 4 atom stereocenters. The van der Waals surface area contributed by atoms with E-state index < -0.39 is 11.4 Å². The van der Waals surface area contributed by atoms with E-state index in [0.29, 0.717) is 19.5 Å². The van der Waals surface area contributed by atoms with E-state index in [2.05, 4.69) is 11.9 Å². The quantitative estimate of drug-likeness (QED) is 0.588.